The standard InChI is InChI=1S/C17H14F3N3O2S/c1-12-7-6-10-14(21-12)15-22-16(17(18,19)20,26(2,24)25)11-23(15)13-8-4-3-5-9-13/h3-5,7-9H,11H2,1-2H3. The quantitative estimate of drug-likeness (QED) is 0.757. The van der Waals surface area contributed by atoms with E-state index in [1.807, 2.05) is 0 Å². The van der Waals surface area contributed by atoms with Crippen molar-refractivity contribution in [3.63, 3.8) is 0 Å². The molecule has 0 saturated carbocycles. The summed E-state index contributed by atoms with van der Waals surface area (Å²) in [4.78, 5) is 5.71. The highest BCUT2D eigenvalue weighted by atomic mass is 32.2. The van der Waals surface area contributed by atoms with Crippen LogP contribution in [-0.2, 0) is 9.84 Å². The second-order valence-corrected chi connectivity index (χ2v) is 8.15. The minimum atomic E-state index is -5.09. The van der Waals surface area contributed by atoms with Crippen LogP contribution in [0.25, 0.3) is 0 Å². The molecule has 0 saturated heterocycles. The van der Waals surface area contributed by atoms with Gasteiger partial charge in [-0.2, -0.15) is 13.2 Å². The van der Waals surface area contributed by atoms with Gasteiger partial charge in [-0.3, -0.25) is 0 Å². The summed E-state index contributed by atoms with van der Waals surface area (Å²) in [7, 11) is -4.62. The molecule has 0 aliphatic carbocycles. The number of hydrogen-bond donors (Lipinski definition) is 0. The second kappa shape index (κ2) is 5.99. The van der Waals surface area contributed by atoms with Crippen molar-refractivity contribution in [1.29, 1.82) is 0 Å². The Bertz CT molecular complexity index is 1010. The van der Waals surface area contributed by atoms with Crippen LogP contribution in [0.3, 0.4) is 0 Å². The number of allylic oxidation sites excluding steroid dienone is 1. The molecule has 0 fully saturated rings. The zero-order valence-electron chi connectivity index (χ0n) is 13.9. The van der Waals surface area contributed by atoms with Crippen molar-refractivity contribution in [3.8, 4) is 0 Å². The summed E-state index contributed by atoms with van der Waals surface area (Å²) in [6.07, 6.45) is -3.04. The predicted molar refractivity (Wildman–Crippen MR) is 93.1 cm³/mol. The van der Waals surface area contributed by atoms with E-state index in [2.05, 4.69) is 21.4 Å². The van der Waals surface area contributed by atoms with Gasteiger partial charge in [0.1, 0.15) is 0 Å². The first-order valence-electron chi connectivity index (χ1n) is 7.51. The summed E-state index contributed by atoms with van der Waals surface area (Å²) < 4.78 is 65.7. The van der Waals surface area contributed by atoms with E-state index in [1.165, 1.54) is 11.0 Å². The molecule has 0 N–H and O–H groups in total. The predicted octanol–water partition coefficient (Wildman–Crippen LogP) is 2.88. The topological polar surface area (TPSA) is 62.1 Å². The lowest BCUT2D eigenvalue weighted by atomic mass is 10.2. The van der Waals surface area contributed by atoms with E-state index < -0.39 is 27.4 Å². The highest BCUT2D eigenvalue weighted by molar-refractivity contribution is 7.92. The Kier molecular flexibility index (Phi) is 4.19. The monoisotopic (exact) mass is 381 g/mol. The van der Waals surface area contributed by atoms with Gasteiger partial charge in [0.2, 0.25) is 0 Å². The first-order chi connectivity index (χ1) is 12.1. The molecule has 1 aromatic rings. The number of rotatable bonds is 3. The normalized spacial score (nSPS) is 23.0. The Labute approximate surface area is 148 Å². The second-order valence-electron chi connectivity index (χ2n) is 5.93. The Hall–Kier alpha value is -2.60. The van der Waals surface area contributed by atoms with Crippen LogP contribution in [-0.4, -0.2) is 43.8 Å². The lowest BCUT2D eigenvalue weighted by Gasteiger charge is -2.28. The van der Waals surface area contributed by atoms with Gasteiger partial charge >= 0.3 is 6.18 Å². The van der Waals surface area contributed by atoms with Gasteiger partial charge in [0.05, 0.1) is 6.54 Å². The van der Waals surface area contributed by atoms with E-state index in [1.54, 1.807) is 37.3 Å². The van der Waals surface area contributed by atoms with Crippen LogP contribution in [0.1, 0.15) is 6.92 Å². The molecule has 0 aromatic heterocycles. The van der Waals surface area contributed by atoms with Crippen molar-refractivity contribution in [2.24, 2.45) is 9.98 Å². The van der Waals surface area contributed by atoms with E-state index in [9.17, 15) is 21.6 Å². The summed E-state index contributed by atoms with van der Waals surface area (Å²) in [6, 6.07) is 8.13. The van der Waals surface area contributed by atoms with Crippen LogP contribution in [0, 0.1) is 0 Å². The third kappa shape index (κ3) is 2.90. The van der Waals surface area contributed by atoms with Crippen molar-refractivity contribution in [1.82, 2.24) is 0 Å². The molecule has 1 atom stereocenters. The molecular weight excluding hydrogens is 367 g/mol. The van der Waals surface area contributed by atoms with Crippen LogP contribution in [0.15, 0.2) is 63.6 Å². The van der Waals surface area contributed by atoms with Crippen molar-refractivity contribution in [2.75, 3.05) is 17.7 Å². The average molecular weight is 381 g/mol. The molecule has 2 heterocycles. The van der Waals surface area contributed by atoms with Gasteiger partial charge in [0, 0.05) is 23.7 Å². The van der Waals surface area contributed by atoms with E-state index in [4.69, 9.17) is 0 Å². The Morgan fingerprint density at radius 1 is 1.23 bits per heavy atom. The van der Waals surface area contributed by atoms with Crippen LogP contribution in [0.4, 0.5) is 18.9 Å². The molecule has 1 aromatic carbocycles. The number of sulfone groups is 1. The van der Waals surface area contributed by atoms with Crippen molar-refractivity contribution >= 4 is 27.1 Å². The summed E-state index contributed by atoms with van der Waals surface area (Å²) >= 11 is 0. The van der Waals surface area contributed by atoms with Crippen molar-refractivity contribution < 1.29 is 21.6 Å². The summed E-state index contributed by atoms with van der Waals surface area (Å²) in [5.41, 5.74) is 6.15. The van der Waals surface area contributed by atoms with E-state index in [-0.39, 0.29) is 11.5 Å². The van der Waals surface area contributed by atoms with Gasteiger partial charge in [-0.05, 0) is 24.8 Å². The largest absolute Gasteiger partial charge is 0.429 e. The highest BCUT2D eigenvalue weighted by Crippen LogP contribution is 2.44. The Balaban J connectivity index is 2.27. The number of benzene rings is 1. The number of amidine groups is 1. The smallest absolute Gasteiger partial charge is 0.320 e. The molecule has 3 rings (SSSR count). The third-order valence-corrected chi connectivity index (χ3v) is 5.69. The number of aliphatic imine (C=N–C) groups is 2. The number of anilines is 1. The first kappa shape index (κ1) is 18.2. The maximum absolute atomic E-state index is 13.8. The zero-order chi connectivity index (χ0) is 19.2. The van der Waals surface area contributed by atoms with Crippen molar-refractivity contribution in [2.45, 2.75) is 18.0 Å². The molecular formula is C17H14F3N3O2S. The van der Waals surface area contributed by atoms with Crippen LogP contribution < -0.4 is 4.90 Å². The maximum atomic E-state index is 13.8. The lowest BCUT2D eigenvalue weighted by molar-refractivity contribution is -0.155. The lowest BCUT2D eigenvalue weighted by Crippen LogP contribution is -2.53. The number of alkyl halides is 3. The number of hydrogen-bond acceptors (Lipinski definition) is 5. The fraction of sp³-hybridized carbons (Fsp3) is 0.294. The molecule has 9 heteroatoms. The van der Waals surface area contributed by atoms with E-state index in [0.717, 1.165) is 0 Å². The highest BCUT2D eigenvalue weighted by Gasteiger charge is 2.66. The fourth-order valence-corrected chi connectivity index (χ4v) is 3.71. The van der Waals surface area contributed by atoms with Gasteiger partial charge in [-0.25, -0.2) is 18.4 Å². The molecule has 0 radical (unpaired) electrons. The van der Waals surface area contributed by atoms with Crippen LogP contribution >= 0.6 is 0 Å². The SMILES string of the molecule is CC1=NC(C2=NC(C(F)(F)F)(S(C)(=O)=O)CN2c2ccccc2)=C=C=C1. The van der Waals surface area contributed by atoms with Crippen LogP contribution in [0.2, 0.25) is 0 Å². The Morgan fingerprint density at radius 3 is 2.42 bits per heavy atom. The molecule has 2 aliphatic heterocycles. The Morgan fingerprint density at radius 2 is 1.88 bits per heavy atom. The van der Waals surface area contributed by atoms with Gasteiger partial charge in [0.25, 0.3) is 4.87 Å². The van der Waals surface area contributed by atoms with Gasteiger partial charge in [0.15, 0.2) is 21.4 Å². The minimum Gasteiger partial charge on any atom is -0.320 e. The molecule has 0 spiro atoms. The number of halogens is 3. The molecule has 5 nitrogen and oxygen atoms in total. The van der Waals surface area contributed by atoms with Crippen molar-refractivity contribution in [3.05, 3.63) is 53.6 Å². The van der Waals surface area contributed by atoms with Gasteiger partial charge in [-0.15, -0.1) is 0 Å². The molecule has 0 amide bonds. The molecule has 1 unspecified atom stereocenters. The molecule has 2 aliphatic rings. The summed E-state index contributed by atoms with van der Waals surface area (Å²) in [5.74, 6) is -0.209. The van der Waals surface area contributed by atoms with Crippen LogP contribution in [0.5, 0.6) is 0 Å². The molecule has 0 bridgehead atoms. The fourth-order valence-electron chi connectivity index (χ4n) is 2.67. The average Bonchev–Trinajstić information content (AvgIpc) is 2.97. The summed E-state index contributed by atoms with van der Waals surface area (Å²) in [6.45, 7) is 0.752. The number of para-hydroxylation sites is 1. The van der Waals surface area contributed by atoms with E-state index in [0.29, 0.717) is 17.7 Å². The van der Waals surface area contributed by atoms with Gasteiger partial charge < -0.3 is 4.90 Å². The van der Waals surface area contributed by atoms with Gasteiger partial charge in [-0.1, -0.05) is 23.9 Å². The van der Waals surface area contributed by atoms with E-state index >= 15 is 0 Å². The molecule has 26 heavy (non-hydrogen) atoms. The minimum absolute atomic E-state index is 0.00336. The maximum Gasteiger partial charge on any atom is 0.429 e. The number of nitrogens with zero attached hydrogens (tertiary/aromatic N) is 3. The molecule has 136 valence electrons. The summed E-state index contributed by atoms with van der Waals surface area (Å²) in [5, 5.41) is 0. The third-order valence-electron chi connectivity index (χ3n) is 4.01. The first-order valence-corrected chi connectivity index (χ1v) is 9.40. The zero-order valence-corrected chi connectivity index (χ0v) is 14.7.